The molecule has 0 fully saturated rings. The molecule has 0 spiro atoms. The first-order valence-electron chi connectivity index (χ1n) is 6.80. The Morgan fingerprint density at radius 3 is 2.50 bits per heavy atom. The number of hydrogen-bond donors (Lipinski definition) is 1. The van der Waals surface area contributed by atoms with Crippen LogP contribution in [0.2, 0.25) is 0 Å². The molecule has 0 unspecified atom stereocenters. The van der Waals surface area contributed by atoms with Crippen LogP contribution in [-0.4, -0.2) is 18.9 Å². The van der Waals surface area contributed by atoms with Gasteiger partial charge in [-0.15, -0.1) is 0 Å². The molecular formula is C17H17FN2O2. The van der Waals surface area contributed by atoms with Crippen molar-refractivity contribution >= 4 is 23.2 Å². The zero-order valence-electron chi connectivity index (χ0n) is 12.7. The molecule has 0 bridgehead atoms. The summed E-state index contributed by atoms with van der Waals surface area (Å²) in [7, 11) is 1.57. The minimum atomic E-state index is -0.486. The maximum Gasteiger partial charge on any atom is 0.255 e. The van der Waals surface area contributed by atoms with Crippen molar-refractivity contribution in [3.63, 3.8) is 0 Å². The minimum Gasteiger partial charge on any atom is -0.320 e. The number of nitrogens with zero attached hydrogens (tertiary/aromatic N) is 1. The Labute approximate surface area is 128 Å². The summed E-state index contributed by atoms with van der Waals surface area (Å²) in [5.41, 5.74) is 2.12. The molecule has 0 saturated heterocycles. The zero-order valence-corrected chi connectivity index (χ0v) is 12.7. The van der Waals surface area contributed by atoms with E-state index in [1.165, 1.54) is 30.0 Å². The molecule has 0 aliphatic heterocycles. The van der Waals surface area contributed by atoms with Crippen molar-refractivity contribution < 1.29 is 14.0 Å². The molecule has 0 saturated carbocycles. The molecule has 2 aromatic carbocycles. The van der Waals surface area contributed by atoms with Crippen LogP contribution in [0, 0.1) is 12.7 Å². The fraction of sp³-hybridized carbons (Fsp3) is 0.176. The second kappa shape index (κ2) is 6.39. The topological polar surface area (TPSA) is 49.4 Å². The molecule has 0 aromatic heterocycles. The van der Waals surface area contributed by atoms with Gasteiger partial charge in [0.2, 0.25) is 5.91 Å². The van der Waals surface area contributed by atoms with Gasteiger partial charge in [0.15, 0.2) is 0 Å². The van der Waals surface area contributed by atoms with Crippen LogP contribution in [0.3, 0.4) is 0 Å². The average molecular weight is 300 g/mol. The van der Waals surface area contributed by atoms with Crippen LogP contribution in [0.4, 0.5) is 15.8 Å². The van der Waals surface area contributed by atoms with E-state index < -0.39 is 5.82 Å². The molecule has 22 heavy (non-hydrogen) atoms. The number of amides is 2. The first kappa shape index (κ1) is 15.7. The van der Waals surface area contributed by atoms with Crippen molar-refractivity contribution in [2.75, 3.05) is 17.3 Å². The molecule has 0 atom stereocenters. The minimum absolute atomic E-state index is 0.210. The van der Waals surface area contributed by atoms with E-state index in [1.54, 1.807) is 25.2 Å². The lowest BCUT2D eigenvalue weighted by molar-refractivity contribution is -0.116. The van der Waals surface area contributed by atoms with Gasteiger partial charge >= 0.3 is 0 Å². The Morgan fingerprint density at radius 1 is 1.14 bits per heavy atom. The van der Waals surface area contributed by atoms with E-state index in [1.807, 2.05) is 13.0 Å². The van der Waals surface area contributed by atoms with Gasteiger partial charge in [-0.1, -0.05) is 17.7 Å². The van der Waals surface area contributed by atoms with Crippen LogP contribution < -0.4 is 10.2 Å². The van der Waals surface area contributed by atoms with E-state index in [0.717, 1.165) is 5.56 Å². The van der Waals surface area contributed by atoms with Gasteiger partial charge in [-0.2, -0.15) is 0 Å². The van der Waals surface area contributed by atoms with Gasteiger partial charge in [0.05, 0.1) is 11.4 Å². The highest BCUT2D eigenvalue weighted by atomic mass is 19.1. The van der Waals surface area contributed by atoms with Crippen molar-refractivity contribution in [2.45, 2.75) is 13.8 Å². The normalized spacial score (nSPS) is 10.2. The quantitative estimate of drug-likeness (QED) is 0.945. The largest absolute Gasteiger partial charge is 0.320 e. The SMILES string of the molecule is CC(=O)N(C)c1ccc(F)cc1NC(=O)c1cccc(C)c1. The number of carbonyl (C=O) groups excluding carboxylic acids is 2. The van der Waals surface area contributed by atoms with Crippen molar-refractivity contribution in [3.05, 3.63) is 59.4 Å². The predicted octanol–water partition coefficient (Wildman–Crippen LogP) is 3.37. The highest BCUT2D eigenvalue weighted by molar-refractivity contribution is 6.07. The number of halogens is 1. The van der Waals surface area contributed by atoms with Gasteiger partial charge in [0, 0.05) is 19.5 Å². The fourth-order valence-electron chi connectivity index (χ4n) is 2.05. The molecule has 1 N–H and O–H groups in total. The van der Waals surface area contributed by atoms with E-state index in [0.29, 0.717) is 11.3 Å². The Kier molecular flexibility index (Phi) is 4.56. The van der Waals surface area contributed by atoms with E-state index in [9.17, 15) is 14.0 Å². The number of aryl methyl sites for hydroxylation is 1. The summed E-state index contributed by atoms with van der Waals surface area (Å²) in [6.45, 7) is 3.28. The Balaban J connectivity index is 2.34. The summed E-state index contributed by atoms with van der Waals surface area (Å²) in [6, 6.07) is 11.0. The lowest BCUT2D eigenvalue weighted by Gasteiger charge is -2.19. The van der Waals surface area contributed by atoms with Crippen LogP contribution in [0.25, 0.3) is 0 Å². The fourth-order valence-corrected chi connectivity index (χ4v) is 2.05. The lowest BCUT2D eigenvalue weighted by atomic mass is 10.1. The molecule has 4 nitrogen and oxygen atoms in total. The molecule has 0 radical (unpaired) electrons. The molecule has 0 aliphatic carbocycles. The molecule has 2 aromatic rings. The number of nitrogens with one attached hydrogen (secondary N) is 1. The van der Waals surface area contributed by atoms with Crippen molar-refractivity contribution in [3.8, 4) is 0 Å². The first-order chi connectivity index (χ1) is 10.4. The monoisotopic (exact) mass is 300 g/mol. The van der Waals surface area contributed by atoms with E-state index >= 15 is 0 Å². The van der Waals surface area contributed by atoms with Gasteiger partial charge in [0.25, 0.3) is 5.91 Å². The predicted molar refractivity (Wildman–Crippen MR) is 84.6 cm³/mol. The third kappa shape index (κ3) is 3.49. The smallest absolute Gasteiger partial charge is 0.255 e. The second-order valence-electron chi connectivity index (χ2n) is 5.06. The average Bonchev–Trinajstić information content (AvgIpc) is 2.46. The summed E-state index contributed by atoms with van der Waals surface area (Å²) in [5, 5.41) is 2.66. The summed E-state index contributed by atoms with van der Waals surface area (Å²) >= 11 is 0. The molecular weight excluding hydrogens is 283 g/mol. The second-order valence-corrected chi connectivity index (χ2v) is 5.06. The van der Waals surface area contributed by atoms with Crippen LogP contribution in [0.1, 0.15) is 22.8 Å². The van der Waals surface area contributed by atoms with E-state index in [4.69, 9.17) is 0 Å². The third-order valence-corrected chi connectivity index (χ3v) is 3.32. The maximum atomic E-state index is 13.5. The van der Waals surface area contributed by atoms with Gasteiger partial charge in [-0.3, -0.25) is 9.59 Å². The highest BCUT2D eigenvalue weighted by Crippen LogP contribution is 2.26. The van der Waals surface area contributed by atoms with Crippen molar-refractivity contribution in [1.29, 1.82) is 0 Å². The third-order valence-electron chi connectivity index (χ3n) is 3.32. The van der Waals surface area contributed by atoms with Crippen LogP contribution >= 0.6 is 0 Å². The Hall–Kier alpha value is -2.69. The number of hydrogen-bond acceptors (Lipinski definition) is 2. The number of anilines is 2. The van der Waals surface area contributed by atoms with E-state index in [2.05, 4.69) is 5.32 Å². The van der Waals surface area contributed by atoms with Crippen LogP contribution in [-0.2, 0) is 4.79 Å². The zero-order chi connectivity index (χ0) is 16.3. The summed E-state index contributed by atoms with van der Waals surface area (Å²) in [6.07, 6.45) is 0. The molecule has 0 aliphatic rings. The molecule has 114 valence electrons. The van der Waals surface area contributed by atoms with Gasteiger partial charge in [-0.25, -0.2) is 4.39 Å². The van der Waals surface area contributed by atoms with Gasteiger partial charge in [-0.05, 0) is 37.3 Å². The van der Waals surface area contributed by atoms with Crippen molar-refractivity contribution in [1.82, 2.24) is 0 Å². The highest BCUT2D eigenvalue weighted by Gasteiger charge is 2.15. The first-order valence-corrected chi connectivity index (χ1v) is 6.80. The standard InChI is InChI=1S/C17H17FN2O2/c1-11-5-4-6-13(9-11)17(22)19-15-10-14(18)7-8-16(15)20(3)12(2)21/h4-10H,1-3H3,(H,19,22). The molecule has 5 heteroatoms. The number of carbonyl (C=O) groups is 2. The Morgan fingerprint density at radius 2 is 1.86 bits per heavy atom. The summed E-state index contributed by atoms with van der Waals surface area (Å²) in [5.74, 6) is -1.05. The van der Waals surface area contributed by atoms with E-state index in [-0.39, 0.29) is 17.5 Å². The summed E-state index contributed by atoms with van der Waals surface area (Å²) in [4.78, 5) is 25.1. The van der Waals surface area contributed by atoms with Gasteiger partial charge in [0.1, 0.15) is 5.82 Å². The lowest BCUT2D eigenvalue weighted by Crippen LogP contribution is -2.25. The van der Waals surface area contributed by atoms with Crippen LogP contribution in [0.15, 0.2) is 42.5 Å². The number of rotatable bonds is 3. The summed E-state index contributed by atoms with van der Waals surface area (Å²) < 4.78 is 13.5. The molecule has 2 rings (SSSR count). The Bertz CT molecular complexity index is 728. The number of benzene rings is 2. The maximum absolute atomic E-state index is 13.5. The van der Waals surface area contributed by atoms with Gasteiger partial charge < -0.3 is 10.2 Å². The molecule has 2 amide bonds. The van der Waals surface area contributed by atoms with Crippen molar-refractivity contribution in [2.24, 2.45) is 0 Å². The van der Waals surface area contributed by atoms with Crippen LogP contribution in [0.5, 0.6) is 0 Å². The molecule has 0 heterocycles.